The summed E-state index contributed by atoms with van der Waals surface area (Å²) in [5, 5.41) is 14.5. The molecule has 272 valence electrons. The van der Waals surface area contributed by atoms with Crippen LogP contribution in [0.1, 0.15) is 21.5 Å². The molecule has 1 aliphatic carbocycles. The molecule has 56 heavy (non-hydrogen) atoms. The van der Waals surface area contributed by atoms with Crippen LogP contribution in [0.25, 0.3) is 16.8 Å². The number of benzene rings is 5. The number of hydrogen-bond acceptors (Lipinski definition) is 16. The molecule has 16 nitrogen and oxygen atoms in total. The van der Waals surface area contributed by atoms with Crippen LogP contribution in [0.3, 0.4) is 0 Å². The first-order chi connectivity index (χ1) is 24.9. The van der Waals surface area contributed by atoms with Crippen LogP contribution < -0.4 is 104 Å². The molecule has 0 radical (unpaired) electrons. The number of methoxy groups -OCH3 is 1. The van der Waals surface area contributed by atoms with Gasteiger partial charge in [0.05, 0.1) is 38.9 Å². The third-order valence-corrected chi connectivity index (χ3v) is 10.5. The number of anilines is 3. The molecule has 0 fully saturated rings. The van der Waals surface area contributed by atoms with Crippen LogP contribution in [-0.2, 0) is 30.4 Å². The van der Waals surface area contributed by atoms with E-state index in [1.54, 1.807) is 13.0 Å². The van der Waals surface area contributed by atoms with Crippen molar-refractivity contribution in [3.05, 3.63) is 113 Å². The van der Waals surface area contributed by atoms with Gasteiger partial charge in [0.25, 0.3) is 0 Å². The van der Waals surface area contributed by atoms with Gasteiger partial charge >= 0.3 is 88.7 Å². The van der Waals surface area contributed by atoms with Gasteiger partial charge in [-0.2, -0.15) is 15.3 Å². The smallest absolute Gasteiger partial charge is 0.744 e. The number of allylic oxidation sites excluding steroid dienone is 1. The van der Waals surface area contributed by atoms with Crippen LogP contribution in [0.4, 0.5) is 28.4 Å². The second-order valence-corrected chi connectivity index (χ2v) is 15.4. The Bertz CT molecular complexity index is 2780. The number of rotatable bonds is 10. The molecule has 5 aromatic carbocycles. The van der Waals surface area contributed by atoms with Crippen molar-refractivity contribution in [2.75, 3.05) is 17.9 Å². The topological polar surface area (TPSA) is 259 Å². The fourth-order valence-corrected chi connectivity index (χ4v) is 7.50. The summed E-state index contributed by atoms with van der Waals surface area (Å²) in [7, 11) is -14.2. The first-order valence-corrected chi connectivity index (χ1v) is 19.3. The Morgan fingerprint density at radius 2 is 1.36 bits per heavy atom. The zero-order chi connectivity index (χ0) is 38.3. The fraction of sp³-hybridized carbons (Fsp3) is 0.0588. The van der Waals surface area contributed by atoms with Crippen LogP contribution >= 0.6 is 0 Å². The minimum absolute atomic E-state index is 0. The molecular formula is C34H24N5Na3O11S3. The van der Waals surface area contributed by atoms with Crippen molar-refractivity contribution >= 4 is 87.1 Å². The zero-order valence-electron chi connectivity index (χ0n) is 30.3. The third-order valence-electron chi connectivity index (χ3n) is 7.88. The van der Waals surface area contributed by atoms with Gasteiger partial charge in [-0.1, -0.05) is 30.3 Å². The van der Waals surface area contributed by atoms with Crippen molar-refractivity contribution in [2.45, 2.75) is 16.7 Å². The Morgan fingerprint density at radius 3 is 1.98 bits per heavy atom. The van der Waals surface area contributed by atoms with Gasteiger partial charge in [-0.05, 0) is 78.7 Å². The Morgan fingerprint density at radius 1 is 0.679 bits per heavy atom. The number of nitrogens with one attached hydrogen (secondary N) is 2. The molecule has 0 atom stereocenters. The average Bonchev–Trinajstić information content (AvgIpc) is 3.09. The maximum absolute atomic E-state index is 13.5. The van der Waals surface area contributed by atoms with E-state index in [2.05, 4.69) is 26.1 Å². The van der Waals surface area contributed by atoms with Gasteiger partial charge in [0, 0.05) is 33.8 Å². The molecule has 1 aliphatic rings. The van der Waals surface area contributed by atoms with Gasteiger partial charge in [0.2, 0.25) is 5.78 Å². The SMILES string of the molecule is COc1cc(N=Nc2cc(S(=O)(=O)[O-])c3cccc(S(=O)(=O)[O-])c3c2)c(C)cc1N/N=C1\C(=O)c2ccc(Nc3ccccc3)cc2C=C1S(=O)(=O)[O-].[Na+].[Na+].[Na+]. The summed E-state index contributed by atoms with van der Waals surface area (Å²) >= 11 is 0. The molecule has 0 bridgehead atoms. The van der Waals surface area contributed by atoms with E-state index in [1.807, 2.05) is 30.3 Å². The molecule has 2 N–H and O–H groups in total. The Labute approximate surface area is 388 Å². The zero-order valence-corrected chi connectivity index (χ0v) is 38.7. The third kappa shape index (κ3) is 10.6. The minimum Gasteiger partial charge on any atom is -0.744 e. The summed E-state index contributed by atoms with van der Waals surface area (Å²) in [6, 6.07) is 21.7. The molecule has 0 aliphatic heterocycles. The fourth-order valence-electron chi connectivity index (χ4n) is 5.46. The standard InChI is InChI=1S/C34H27N5O11S3.3Na/c1-19-13-28(38-39-33-32(53(47,48)49)15-20-14-22(11-12-24(20)34(33)40)35-21-7-4-3-5-8-21)29(50-2)18-27(19)37-36-23-16-26-25(31(17-23)52(44,45)46)9-6-10-30(26)51(41,42)43;;;/h3-18,35,38H,1-2H3,(H,41,42,43)(H,44,45,46)(H,47,48,49);;;/q;3*+1/p-3/b37-36?,39-33-;;;. The molecule has 6 rings (SSSR count). The van der Waals surface area contributed by atoms with E-state index < -0.39 is 56.5 Å². The van der Waals surface area contributed by atoms with E-state index in [4.69, 9.17) is 4.74 Å². The number of hydrogen-bond donors (Lipinski definition) is 2. The van der Waals surface area contributed by atoms with Gasteiger partial charge in [-0.15, -0.1) is 0 Å². The van der Waals surface area contributed by atoms with E-state index in [9.17, 15) is 43.7 Å². The van der Waals surface area contributed by atoms with Gasteiger partial charge in [0.1, 0.15) is 41.8 Å². The van der Waals surface area contributed by atoms with Crippen molar-refractivity contribution in [1.29, 1.82) is 0 Å². The van der Waals surface area contributed by atoms with E-state index in [0.717, 1.165) is 36.0 Å². The number of azo groups is 1. The van der Waals surface area contributed by atoms with Gasteiger partial charge < -0.3 is 23.7 Å². The summed E-state index contributed by atoms with van der Waals surface area (Å²) < 4.78 is 114. The Balaban J connectivity index is 0.00000280. The number of hydrazone groups is 1. The quantitative estimate of drug-likeness (QED) is 0.0605. The summed E-state index contributed by atoms with van der Waals surface area (Å²) in [5.41, 5.74) is 3.80. The van der Waals surface area contributed by atoms with Crippen molar-refractivity contribution < 1.29 is 137 Å². The number of fused-ring (bicyclic) bond motifs is 2. The molecule has 0 saturated carbocycles. The van der Waals surface area contributed by atoms with Gasteiger partial charge in [0.15, 0.2) is 0 Å². The van der Waals surface area contributed by atoms with Crippen molar-refractivity contribution in [3.63, 3.8) is 0 Å². The van der Waals surface area contributed by atoms with Crippen LogP contribution in [-0.4, -0.2) is 57.5 Å². The second-order valence-electron chi connectivity index (χ2n) is 11.4. The van der Waals surface area contributed by atoms with Crippen molar-refractivity contribution in [1.82, 2.24) is 0 Å². The molecule has 0 aromatic heterocycles. The van der Waals surface area contributed by atoms with Crippen molar-refractivity contribution in [2.24, 2.45) is 15.3 Å². The number of aryl methyl sites for hydroxylation is 1. The summed E-state index contributed by atoms with van der Waals surface area (Å²) in [4.78, 5) is 11.1. The second kappa shape index (κ2) is 18.8. The number of Topliss-reactive ketones (excluding diaryl/α,β-unsaturated/α-hetero) is 1. The van der Waals surface area contributed by atoms with Crippen LogP contribution in [0.15, 0.2) is 121 Å². The first-order valence-electron chi connectivity index (χ1n) is 15.1. The Hall–Kier alpha value is -2.83. The average molecular weight is 844 g/mol. The van der Waals surface area contributed by atoms with Crippen LogP contribution in [0.2, 0.25) is 0 Å². The molecular weight excluding hydrogens is 820 g/mol. The van der Waals surface area contributed by atoms with E-state index in [0.29, 0.717) is 11.3 Å². The predicted octanol–water partition coefficient (Wildman–Crippen LogP) is -3.31. The number of ether oxygens (including phenoxy) is 1. The first kappa shape index (κ1) is 47.5. The number of nitrogens with zero attached hydrogens (tertiary/aromatic N) is 3. The maximum Gasteiger partial charge on any atom is 1.00 e. The van der Waals surface area contributed by atoms with Gasteiger partial charge in [-0.3, -0.25) is 10.2 Å². The summed E-state index contributed by atoms with van der Waals surface area (Å²) in [6.45, 7) is 1.57. The maximum atomic E-state index is 13.5. The number of carbonyl (C=O) groups is 1. The van der Waals surface area contributed by atoms with E-state index in [-0.39, 0.29) is 133 Å². The Kier molecular flexibility index (Phi) is 16.0. The molecule has 0 spiro atoms. The molecule has 22 heteroatoms. The van der Waals surface area contributed by atoms with E-state index in [1.165, 1.54) is 37.4 Å². The largest absolute Gasteiger partial charge is 1.00 e. The van der Waals surface area contributed by atoms with Gasteiger partial charge in [-0.25, -0.2) is 25.3 Å². The van der Waals surface area contributed by atoms with Crippen molar-refractivity contribution in [3.8, 4) is 5.75 Å². The monoisotopic (exact) mass is 843 g/mol. The normalized spacial score (nSPS) is 13.6. The number of carbonyl (C=O) groups excluding carboxylic acids is 1. The predicted molar refractivity (Wildman–Crippen MR) is 191 cm³/mol. The molecule has 0 heterocycles. The molecule has 5 aromatic rings. The van der Waals surface area contributed by atoms with Crippen LogP contribution in [0.5, 0.6) is 5.75 Å². The minimum atomic E-state index is -5.20. The van der Waals surface area contributed by atoms with Crippen LogP contribution in [0, 0.1) is 6.92 Å². The molecule has 0 saturated heterocycles. The molecule has 0 unspecified atom stereocenters. The summed E-state index contributed by atoms with van der Waals surface area (Å²) in [6.07, 6.45) is 1.06. The molecule has 0 amide bonds. The number of para-hydroxylation sites is 1. The van der Waals surface area contributed by atoms with E-state index >= 15 is 0 Å². The summed E-state index contributed by atoms with van der Waals surface area (Å²) in [5.74, 6) is -0.787. The number of ketones is 1.